The SMILES string of the molecule is CC(=O)O/C1=C(/C)[C@@H](OC(C)=O)C[C@H](O)/C(COC(=O)[C@H](O)[C@@H](NC(=O)OC(C)(C)C)c2ccccc2)=C/[C@H](OC(C)=O)[C@@H]2C[C@H](OC(C)=O)C(C)=C([C@H]1OC(C)=O)C2(C)C. The van der Waals surface area contributed by atoms with E-state index in [0.29, 0.717) is 16.7 Å². The van der Waals surface area contributed by atoms with Crippen LogP contribution < -0.4 is 5.32 Å². The molecule has 336 valence electrons. The molecule has 0 saturated carbocycles. The lowest BCUT2D eigenvalue weighted by molar-refractivity contribution is -0.156. The summed E-state index contributed by atoms with van der Waals surface area (Å²) in [6.45, 7) is 16.5. The molecule has 0 aliphatic heterocycles. The number of esters is 6. The molecule has 3 rings (SSSR count). The van der Waals surface area contributed by atoms with Gasteiger partial charge >= 0.3 is 41.9 Å². The number of benzene rings is 1. The summed E-state index contributed by atoms with van der Waals surface area (Å²) in [6, 6.07) is 6.76. The number of ether oxygens (including phenoxy) is 7. The molecular formula is C44H59NO16. The van der Waals surface area contributed by atoms with Crippen LogP contribution in [0.3, 0.4) is 0 Å². The molecule has 0 fully saturated rings. The lowest BCUT2D eigenvalue weighted by atomic mass is 9.60. The normalized spacial score (nSPS) is 26.0. The first-order valence-corrected chi connectivity index (χ1v) is 19.8. The highest BCUT2D eigenvalue weighted by molar-refractivity contribution is 5.78. The second-order valence-corrected chi connectivity index (χ2v) is 16.6. The van der Waals surface area contributed by atoms with E-state index in [1.807, 2.05) is 0 Å². The van der Waals surface area contributed by atoms with Gasteiger partial charge in [0.05, 0.1) is 12.1 Å². The Morgan fingerprint density at radius 3 is 1.84 bits per heavy atom. The number of carbonyl (C=O) groups excluding carboxylic acids is 7. The van der Waals surface area contributed by atoms with E-state index in [1.54, 1.807) is 71.9 Å². The number of alkyl carbamates (subject to hydrolysis) is 1. The van der Waals surface area contributed by atoms with Crippen LogP contribution in [-0.4, -0.2) is 101 Å². The first-order valence-electron chi connectivity index (χ1n) is 19.8. The Morgan fingerprint density at radius 1 is 0.787 bits per heavy atom. The van der Waals surface area contributed by atoms with Gasteiger partial charge in [-0.05, 0) is 74.8 Å². The van der Waals surface area contributed by atoms with Gasteiger partial charge in [0.15, 0.2) is 18.0 Å². The summed E-state index contributed by atoms with van der Waals surface area (Å²) in [4.78, 5) is 90.1. The summed E-state index contributed by atoms with van der Waals surface area (Å²) >= 11 is 0. The number of nitrogens with one attached hydrogen (secondary N) is 1. The molecule has 8 atom stereocenters. The number of amides is 1. The lowest BCUT2D eigenvalue weighted by Gasteiger charge is -2.48. The Balaban J connectivity index is 2.31. The molecule has 1 aromatic rings. The Hall–Kier alpha value is -5.55. The van der Waals surface area contributed by atoms with Gasteiger partial charge in [-0.2, -0.15) is 0 Å². The van der Waals surface area contributed by atoms with Crippen LogP contribution in [0.5, 0.6) is 0 Å². The molecule has 17 nitrogen and oxygen atoms in total. The fraction of sp³-hybridized carbons (Fsp3) is 0.568. The second-order valence-electron chi connectivity index (χ2n) is 16.6. The zero-order valence-electron chi connectivity index (χ0n) is 36.8. The summed E-state index contributed by atoms with van der Waals surface area (Å²) in [5.41, 5.74) is -1.03. The molecule has 0 heterocycles. The van der Waals surface area contributed by atoms with E-state index < -0.39 is 115 Å². The average Bonchev–Trinajstić information content (AvgIpc) is 3.12. The minimum absolute atomic E-state index is 0.0296. The van der Waals surface area contributed by atoms with Gasteiger partial charge in [-0.25, -0.2) is 9.59 Å². The summed E-state index contributed by atoms with van der Waals surface area (Å²) in [5, 5.41) is 25.9. The average molecular weight is 858 g/mol. The van der Waals surface area contributed by atoms with Crippen LogP contribution in [0.25, 0.3) is 0 Å². The monoisotopic (exact) mass is 857 g/mol. The minimum Gasteiger partial charge on any atom is -0.459 e. The van der Waals surface area contributed by atoms with Crippen LogP contribution in [-0.2, 0) is 61.9 Å². The third-order valence-corrected chi connectivity index (χ3v) is 10.2. The van der Waals surface area contributed by atoms with Gasteiger partial charge in [0.2, 0.25) is 0 Å². The molecule has 2 aliphatic carbocycles. The van der Waals surface area contributed by atoms with Gasteiger partial charge in [-0.3, -0.25) is 24.0 Å². The van der Waals surface area contributed by atoms with Gasteiger partial charge < -0.3 is 48.7 Å². The van der Waals surface area contributed by atoms with Crippen LogP contribution in [0, 0.1) is 11.3 Å². The maximum atomic E-state index is 13.7. The van der Waals surface area contributed by atoms with E-state index in [1.165, 1.54) is 19.9 Å². The highest BCUT2D eigenvalue weighted by atomic mass is 16.6. The fourth-order valence-electron chi connectivity index (χ4n) is 7.65. The van der Waals surface area contributed by atoms with Crippen LogP contribution in [0.15, 0.2) is 64.5 Å². The van der Waals surface area contributed by atoms with Gasteiger partial charge in [-0.15, -0.1) is 0 Å². The number of hydrogen-bond acceptors (Lipinski definition) is 16. The van der Waals surface area contributed by atoms with Crippen molar-refractivity contribution in [2.45, 2.75) is 144 Å². The highest BCUT2D eigenvalue weighted by Gasteiger charge is 2.51. The van der Waals surface area contributed by atoms with Crippen molar-refractivity contribution < 1.29 is 76.9 Å². The van der Waals surface area contributed by atoms with Crippen molar-refractivity contribution in [3.05, 3.63) is 70.0 Å². The van der Waals surface area contributed by atoms with Crippen LogP contribution >= 0.6 is 0 Å². The van der Waals surface area contributed by atoms with Crippen molar-refractivity contribution in [1.29, 1.82) is 0 Å². The molecule has 0 aromatic heterocycles. The summed E-state index contributed by atoms with van der Waals surface area (Å²) in [7, 11) is 0. The molecule has 0 spiro atoms. The molecule has 2 bridgehead atoms. The summed E-state index contributed by atoms with van der Waals surface area (Å²) < 4.78 is 40.0. The van der Waals surface area contributed by atoms with E-state index in [2.05, 4.69) is 5.32 Å². The largest absolute Gasteiger partial charge is 0.459 e. The van der Waals surface area contributed by atoms with Crippen molar-refractivity contribution in [2.24, 2.45) is 11.3 Å². The predicted octanol–water partition coefficient (Wildman–Crippen LogP) is 4.77. The fourth-order valence-corrected chi connectivity index (χ4v) is 7.65. The molecule has 0 saturated heterocycles. The Kier molecular flexibility index (Phi) is 17.0. The minimum atomic E-state index is -2.01. The molecule has 1 amide bonds. The Morgan fingerprint density at radius 2 is 1.33 bits per heavy atom. The summed E-state index contributed by atoms with van der Waals surface area (Å²) in [5.74, 6) is -6.17. The molecule has 2 aliphatic rings. The van der Waals surface area contributed by atoms with Gasteiger partial charge in [0.1, 0.15) is 30.5 Å². The van der Waals surface area contributed by atoms with Crippen molar-refractivity contribution in [3.63, 3.8) is 0 Å². The first-order chi connectivity index (χ1) is 28.2. The number of aliphatic hydroxyl groups excluding tert-OH is 2. The zero-order valence-corrected chi connectivity index (χ0v) is 36.8. The molecular weight excluding hydrogens is 798 g/mol. The first kappa shape index (κ1) is 49.8. The predicted molar refractivity (Wildman–Crippen MR) is 215 cm³/mol. The number of hydrogen-bond donors (Lipinski definition) is 3. The van der Waals surface area contributed by atoms with Crippen molar-refractivity contribution in [2.75, 3.05) is 6.61 Å². The highest BCUT2D eigenvalue weighted by Crippen LogP contribution is 2.52. The Bertz CT molecular complexity index is 1920. The van der Waals surface area contributed by atoms with E-state index >= 15 is 0 Å². The van der Waals surface area contributed by atoms with Crippen LogP contribution in [0.4, 0.5) is 4.79 Å². The van der Waals surface area contributed by atoms with Crippen LogP contribution in [0.1, 0.15) is 108 Å². The standard InChI is InChI=1S/C44H59NO16/c1-22-33(56-24(3)46)19-31-35(58-26(5)48)18-30(21-55-41(53)38(52)37(29-16-14-13-15-17-29)45-42(54)61-43(8,9)10)32(51)20-34(57-25(4)47)23(2)39(59-27(6)49)40(60-28(7)50)36(22)44(31,11)12/h13-18,31-35,37-38,40,51-52H,19-21H2,1-12H3,(H,45,54)/b30-18+,39-23-/t31-,32-,33-,34-,35-,37-,38+,40+/m0/s1. The van der Waals surface area contributed by atoms with E-state index in [4.69, 9.17) is 33.2 Å². The van der Waals surface area contributed by atoms with E-state index in [0.717, 1.165) is 27.7 Å². The van der Waals surface area contributed by atoms with Crippen molar-refractivity contribution in [3.8, 4) is 0 Å². The molecule has 0 unspecified atom stereocenters. The third-order valence-electron chi connectivity index (χ3n) is 10.2. The number of carbonyl (C=O) groups is 7. The topological polar surface area (TPSA) is 237 Å². The number of rotatable bonds is 11. The van der Waals surface area contributed by atoms with Crippen LogP contribution in [0.2, 0.25) is 0 Å². The van der Waals surface area contributed by atoms with E-state index in [9.17, 15) is 43.8 Å². The van der Waals surface area contributed by atoms with Crippen molar-refractivity contribution in [1.82, 2.24) is 5.32 Å². The lowest BCUT2D eigenvalue weighted by Crippen LogP contribution is -2.49. The zero-order chi connectivity index (χ0) is 46.1. The molecule has 17 heteroatoms. The summed E-state index contributed by atoms with van der Waals surface area (Å²) in [6.07, 6.45) is -8.81. The number of aliphatic hydroxyl groups is 2. The second kappa shape index (κ2) is 20.8. The maximum Gasteiger partial charge on any atom is 0.408 e. The molecule has 61 heavy (non-hydrogen) atoms. The third kappa shape index (κ3) is 13.7. The van der Waals surface area contributed by atoms with Gasteiger partial charge in [0, 0.05) is 52.5 Å². The molecule has 3 N–H and O–H groups in total. The molecule has 1 aromatic carbocycles. The quantitative estimate of drug-likeness (QED) is 0.154. The van der Waals surface area contributed by atoms with Gasteiger partial charge in [0.25, 0.3) is 0 Å². The van der Waals surface area contributed by atoms with Gasteiger partial charge in [-0.1, -0.05) is 44.2 Å². The van der Waals surface area contributed by atoms with Crippen molar-refractivity contribution >= 4 is 41.9 Å². The number of fused-ring (bicyclic) bond motifs is 2. The maximum absolute atomic E-state index is 13.7. The molecule has 0 radical (unpaired) electrons. The smallest absolute Gasteiger partial charge is 0.408 e. The Labute approximate surface area is 355 Å². The van der Waals surface area contributed by atoms with E-state index in [-0.39, 0.29) is 23.3 Å².